The van der Waals surface area contributed by atoms with Gasteiger partial charge in [-0.05, 0) is 38.1 Å². The van der Waals surface area contributed by atoms with Crippen molar-refractivity contribution in [2.24, 2.45) is 0 Å². The third kappa shape index (κ3) is 4.12. The van der Waals surface area contributed by atoms with Crippen molar-refractivity contribution in [3.05, 3.63) is 28.2 Å². The molecular formula is C13H18FN5S. The van der Waals surface area contributed by atoms with E-state index in [2.05, 4.69) is 31.7 Å². The fourth-order valence-electron chi connectivity index (χ4n) is 1.76. The van der Waals surface area contributed by atoms with Gasteiger partial charge in [-0.1, -0.05) is 6.07 Å². The SMILES string of the molecule is CC(CCc1cccs1)Nc1nc(N)nc(C(C)F)n1. The largest absolute Gasteiger partial charge is 0.368 e. The first kappa shape index (κ1) is 14.6. The van der Waals surface area contributed by atoms with Crippen LogP contribution in [0.5, 0.6) is 0 Å². The number of nitrogens with zero attached hydrogens (tertiary/aromatic N) is 3. The number of rotatable bonds is 6. The number of halogens is 1. The molecule has 0 aliphatic rings. The summed E-state index contributed by atoms with van der Waals surface area (Å²) in [7, 11) is 0. The quantitative estimate of drug-likeness (QED) is 0.856. The standard InChI is InChI=1S/C13H18FN5S/c1-8(5-6-10-4-3-7-20-10)16-13-18-11(9(2)14)17-12(15)19-13/h3-4,7-9H,5-6H2,1-2H3,(H3,15,16,17,18,19). The zero-order chi connectivity index (χ0) is 14.5. The molecule has 0 saturated heterocycles. The molecule has 2 atom stereocenters. The number of aromatic nitrogens is 3. The predicted molar refractivity (Wildman–Crippen MR) is 79.5 cm³/mol. The topological polar surface area (TPSA) is 76.7 Å². The number of thiophene rings is 1. The van der Waals surface area contributed by atoms with E-state index in [9.17, 15) is 4.39 Å². The maximum Gasteiger partial charge on any atom is 0.228 e. The molecule has 0 bridgehead atoms. The molecule has 0 amide bonds. The molecule has 2 aromatic rings. The Kier molecular flexibility index (Phi) is 4.84. The Balaban J connectivity index is 1.95. The first-order chi connectivity index (χ1) is 9.54. The molecule has 0 aromatic carbocycles. The summed E-state index contributed by atoms with van der Waals surface area (Å²) in [6.45, 7) is 3.41. The van der Waals surface area contributed by atoms with Crippen molar-refractivity contribution < 1.29 is 4.39 Å². The van der Waals surface area contributed by atoms with E-state index in [1.54, 1.807) is 11.3 Å². The summed E-state index contributed by atoms with van der Waals surface area (Å²) in [5.41, 5.74) is 5.56. The predicted octanol–water partition coefficient (Wildman–Crippen LogP) is 2.98. The van der Waals surface area contributed by atoms with Gasteiger partial charge in [0.05, 0.1) is 0 Å². The number of anilines is 2. The molecule has 2 heterocycles. The van der Waals surface area contributed by atoms with Crippen molar-refractivity contribution in [1.29, 1.82) is 0 Å². The lowest BCUT2D eigenvalue weighted by atomic mass is 10.1. The number of alkyl halides is 1. The van der Waals surface area contributed by atoms with Gasteiger partial charge in [-0.25, -0.2) is 4.39 Å². The van der Waals surface area contributed by atoms with E-state index in [4.69, 9.17) is 5.73 Å². The number of hydrogen-bond acceptors (Lipinski definition) is 6. The van der Waals surface area contributed by atoms with Crippen LogP contribution >= 0.6 is 11.3 Å². The van der Waals surface area contributed by atoms with E-state index in [-0.39, 0.29) is 17.8 Å². The molecule has 7 heteroatoms. The van der Waals surface area contributed by atoms with Crippen LogP contribution in [0.1, 0.15) is 37.1 Å². The molecular weight excluding hydrogens is 277 g/mol. The van der Waals surface area contributed by atoms with Crippen LogP contribution < -0.4 is 11.1 Å². The Hall–Kier alpha value is -1.76. The molecule has 2 rings (SSSR count). The van der Waals surface area contributed by atoms with Crippen molar-refractivity contribution in [3.63, 3.8) is 0 Å². The molecule has 0 aliphatic carbocycles. The maximum absolute atomic E-state index is 13.2. The molecule has 2 unspecified atom stereocenters. The van der Waals surface area contributed by atoms with Crippen LogP contribution in [0, 0.1) is 0 Å². The van der Waals surface area contributed by atoms with E-state index in [1.807, 2.05) is 13.0 Å². The molecule has 108 valence electrons. The highest BCUT2D eigenvalue weighted by molar-refractivity contribution is 7.09. The van der Waals surface area contributed by atoms with Gasteiger partial charge in [0.2, 0.25) is 11.9 Å². The average Bonchev–Trinajstić information content (AvgIpc) is 2.88. The summed E-state index contributed by atoms with van der Waals surface area (Å²) < 4.78 is 13.2. The van der Waals surface area contributed by atoms with Crippen LogP contribution in [-0.2, 0) is 6.42 Å². The normalized spacial score (nSPS) is 13.9. The minimum absolute atomic E-state index is 0.0347. The van der Waals surface area contributed by atoms with E-state index < -0.39 is 6.17 Å². The molecule has 20 heavy (non-hydrogen) atoms. The lowest BCUT2D eigenvalue weighted by molar-refractivity contribution is 0.356. The van der Waals surface area contributed by atoms with Gasteiger partial charge in [-0.2, -0.15) is 15.0 Å². The molecule has 0 spiro atoms. The highest BCUT2D eigenvalue weighted by Crippen LogP contribution is 2.16. The van der Waals surface area contributed by atoms with Crippen LogP contribution in [0.15, 0.2) is 17.5 Å². The maximum atomic E-state index is 13.2. The summed E-state index contributed by atoms with van der Waals surface area (Å²) in [4.78, 5) is 13.1. The third-order valence-corrected chi connectivity index (χ3v) is 3.74. The number of aryl methyl sites for hydroxylation is 1. The van der Waals surface area contributed by atoms with E-state index in [1.165, 1.54) is 11.8 Å². The second kappa shape index (κ2) is 6.60. The fourth-order valence-corrected chi connectivity index (χ4v) is 2.48. The summed E-state index contributed by atoms with van der Waals surface area (Å²) in [6.07, 6.45) is 0.660. The minimum Gasteiger partial charge on any atom is -0.368 e. The zero-order valence-corrected chi connectivity index (χ0v) is 12.3. The number of nitrogen functional groups attached to an aromatic ring is 1. The molecule has 3 N–H and O–H groups in total. The fraction of sp³-hybridized carbons (Fsp3) is 0.462. The smallest absolute Gasteiger partial charge is 0.228 e. The summed E-state index contributed by atoms with van der Waals surface area (Å²) in [6, 6.07) is 4.32. The van der Waals surface area contributed by atoms with Gasteiger partial charge < -0.3 is 11.1 Å². The molecule has 0 fully saturated rings. The number of nitrogens with two attached hydrogens (primary N) is 1. The summed E-state index contributed by atoms with van der Waals surface area (Å²) in [5, 5.41) is 5.20. The van der Waals surface area contributed by atoms with Crippen molar-refractivity contribution in [1.82, 2.24) is 15.0 Å². The van der Waals surface area contributed by atoms with Crippen LogP contribution in [0.25, 0.3) is 0 Å². The Bertz CT molecular complexity index is 544. The van der Waals surface area contributed by atoms with Gasteiger partial charge in [0.1, 0.15) is 0 Å². The van der Waals surface area contributed by atoms with Crippen LogP contribution in [0.4, 0.5) is 16.3 Å². The Morgan fingerprint density at radius 3 is 2.80 bits per heavy atom. The Morgan fingerprint density at radius 1 is 1.35 bits per heavy atom. The highest BCUT2D eigenvalue weighted by atomic mass is 32.1. The van der Waals surface area contributed by atoms with Crippen LogP contribution in [0.3, 0.4) is 0 Å². The first-order valence-electron chi connectivity index (χ1n) is 6.49. The van der Waals surface area contributed by atoms with Crippen LogP contribution in [-0.4, -0.2) is 21.0 Å². The van der Waals surface area contributed by atoms with Crippen LogP contribution in [0.2, 0.25) is 0 Å². The third-order valence-electron chi connectivity index (χ3n) is 2.81. The second-order valence-corrected chi connectivity index (χ2v) is 5.69. The molecule has 5 nitrogen and oxygen atoms in total. The van der Waals surface area contributed by atoms with Crippen molar-refractivity contribution in [2.75, 3.05) is 11.1 Å². The molecule has 2 aromatic heterocycles. The van der Waals surface area contributed by atoms with Gasteiger partial charge in [-0.15, -0.1) is 11.3 Å². The van der Waals surface area contributed by atoms with Gasteiger partial charge in [-0.3, -0.25) is 0 Å². The average molecular weight is 295 g/mol. The molecule has 0 aliphatic heterocycles. The Morgan fingerprint density at radius 2 is 2.15 bits per heavy atom. The first-order valence-corrected chi connectivity index (χ1v) is 7.37. The lowest BCUT2D eigenvalue weighted by Crippen LogP contribution is -2.19. The Labute approximate surface area is 121 Å². The van der Waals surface area contributed by atoms with Gasteiger partial charge in [0, 0.05) is 10.9 Å². The number of nitrogens with one attached hydrogen (secondary N) is 1. The molecule has 0 saturated carbocycles. The van der Waals surface area contributed by atoms with Gasteiger partial charge >= 0.3 is 0 Å². The van der Waals surface area contributed by atoms with Crippen molar-refractivity contribution in [2.45, 2.75) is 38.9 Å². The number of hydrogen-bond donors (Lipinski definition) is 2. The highest BCUT2D eigenvalue weighted by Gasteiger charge is 2.12. The van der Waals surface area contributed by atoms with E-state index in [0.717, 1.165) is 12.8 Å². The summed E-state index contributed by atoms with van der Waals surface area (Å²) >= 11 is 1.74. The minimum atomic E-state index is -1.26. The van der Waals surface area contributed by atoms with Gasteiger partial charge in [0.15, 0.2) is 12.0 Å². The summed E-state index contributed by atoms with van der Waals surface area (Å²) in [5.74, 6) is 0.425. The zero-order valence-electron chi connectivity index (χ0n) is 11.5. The second-order valence-electron chi connectivity index (χ2n) is 4.65. The monoisotopic (exact) mass is 295 g/mol. The van der Waals surface area contributed by atoms with E-state index >= 15 is 0 Å². The van der Waals surface area contributed by atoms with Crippen molar-refractivity contribution in [3.8, 4) is 0 Å². The van der Waals surface area contributed by atoms with Crippen molar-refractivity contribution >= 4 is 23.2 Å². The van der Waals surface area contributed by atoms with Gasteiger partial charge in [0.25, 0.3) is 0 Å². The lowest BCUT2D eigenvalue weighted by Gasteiger charge is -2.14. The molecule has 0 radical (unpaired) electrons. The van der Waals surface area contributed by atoms with E-state index in [0.29, 0.717) is 5.95 Å².